The van der Waals surface area contributed by atoms with Crippen LogP contribution in [0.4, 0.5) is 0 Å². The number of carboxylic acids is 1. The van der Waals surface area contributed by atoms with Crippen LogP contribution in [0.15, 0.2) is 30.3 Å². The number of carbonyl (C=O) groups excluding carboxylic acids is 1. The number of rotatable bonds is 7. The zero-order valence-corrected chi connectivity index (χ0v) is 11.4. The first-order chi connectivity index (χ1) is 9.04. The number of carbonyl (C=O) groups is 2. The Kier molecular flexibility index (Phi) is 6.06. The maximum Gasteiger partial charge on any atom is 0.326 e. The Morgan fingerprint density at radius 2 is 1.89 bits per heavy atom. The highest BCUT2D eigenvalue weighted by Gasteiger charge is 2.24. The molecule has 4 heteroatoms. The highest BCUT2D eigenvalue weighted by atomic mass is 16.4. The molecular weight excluding hydrogens is 242 g/mol. The topological polar surface area (TPSA) is 66.4 Å². The monoisotopic (exact) mass is 263 g/mol. The number of carboxylic acid groups (broad SMARTS) is 1. The minimum Gasteiger partial charge on any atom is -0.480 e. The number of hydrogen-bond acceptors (Lipinski definition) is 2. The summed E-state index contributed by atoms with van der Waals surface area (Å²) in [4.78, 5) is 22.9. The van der Waals surface area contributed by atoms with Crippen molar-refractivity contribution in [1.82, 2.24) is 5.32 Å². The lowest BCUT2D eigenvalue weighted by molar-refractivity contribution is -0.143. The van der Waals surface area contributed by atoms with Gasteiger partial charge in [-0.3, -0.25) is 4.79 Å². The summed E-state index contributed by atoms with van der Waals surface area (Å²) in [5.41, 5.74) is 1.08. The van der Waals surface area contributed by atoms with Crippen molar-refractivity contribution < 1.29 is 14.7 Å². The molecule has 0 unspecified atom stereocenters. The standard InChI is InChI=1S/C15H21NO3/c1-3-11(2)14(15(18)19)16-13(17)10-9-12-7-5-4-6-8-12/h4-8,11,14H,3,9-10H2,1-2H3,(H,16,17)(H,18,19)/t11-,14-/m1/s1. The van der Waals surface area contributed by atoms with Gasteiger partial charge in [0.05, 0.1) is 0 Å². The molecule has 1 aromatic carbocycles. The van der Waals surface area contributed by atoms with E-state index in [1.165, 1.54) is 0 Å². The second kappa shape index (κ2) is 7.56. The summed E-state index contributed by atoms with van der Waals surface area (Å²) in [6.45, 7) is 3.74. The van der Waals surface area contributed by atoms with E-state index in [9.17, 15) is 9.59 Å². The molecule has 2 N–H and O–H groups in total. The Morgan fingerprint density at radius 3 is 2.42 bits per heavy atom. The molecule has 1 amide bonds. The second-order valence-corrected chi connectivity index (χ2v) is 4.75. The summed E-state index contributed by atoms with van der Waals surface area (Å²) in [6, 6.07) is 8.88. The van der Waals surface area contributed by atoms with Gasteiger partial charge in [-0.15, -0.1) is 0 Å². The third kappa shape index (κ3) is 5.12. The smallest absolute Gasteiger partial charge is 0.326 e. The summed E-state index contributed by atoms with van der Waals surface area (Å²) in [6.07, 6.45) is 1.65. The largest absolute Gasteiger partial charge is 0.480 e. The molecule has 0 aliphatic rings. The van der Waals surface area contributed by atoms with Gasteiger partial charge in [-0.05, 0) is 17.9 Å². The van der Waals surface area contributed by atoms with Crippen LogP contribution in [0.3, 0.4) is 0 Å². The van der Waals surface area contributed by atoms with Crippen molar-refractivity contribution in [2.75, 3.05) is 0 Å². The molecule has 0 aliphatic carbocycles. The van der Waals surface area contributed by atoms with E-state index in [1.54, 1.807) is 0 Å². The van der Waals surface area contributed by atoms with Crippen LogP contribution in [0.5, 0.6) is 0 Å². The van der Waals surface area contributed by atoms with Crippen molar-refractivity contribution in [2.45, 2.75) is 39.2 Å². The van der Waals surface area contributed by atoms with E-state index in [1.807, 2.05) is 44.2 Å². The van der Waals surface area contributed by atoms with Gasteiger partial charge >= 0.3 is 5.97 Å². The fourth-order valence-corrected chi connectivity index (χ4v) is 1.83. The van der Waals surface area contributed by atoms with Gasteiger partial charge in [-0.1, -0.05) is 50.6 Å². The number of hydrogen-bond donors (Lipinski definition) is 2. The third-order valence-electron chi connectivity index (χ3n) is 3.28. The zero-order chi connectivity index (χ0) is 14.3. The Morgan fingerprint density at radius 1 is 1.26 bits per heavy atom. The van der Waals surface area contributed by atoms with Crippen molar-refractivity contribution in [3.05, 3.63) is 35.9 Å². The normalized spacial score (nSPS) is 13.6. The predicted octanol–water partition coefficient (Wildman–Crippen LogP) is 2.23. The first-order valence-corrected chi connectivity index (χ1v) is 6.60. The Hall–Kier alpha value is -1.84. The molecule has 0 saturated carbocycles. The van der Waals surface area contributed by atoms with E-state index < -0.39 is 12.0 Å². The first-order valence-electron chi connectivity index (χ1n) is 6.60. The molecule has 1 aromatic rings. The lowest BCUT2D eigenvalue weighted by atomic mass is 9.99. The molecule has 1 rings (SSSR count). The van der Waals surface area contributed by atoms with Gasteiger partial charge < -0.3 is 10.4 Å². The molecule has 0 spiro atoms. The van der Waals surface area contributed by atoms with Gasteiger partial charge in [0.15, 0.2) is 0 Å². The van der Waals surface area contributed by atoms with Crippen LogP contribution < -0.4 is 5.32 Å². The van der Waals surface area contributed by atoms with Crippen LogP contribution in [0.25, 0.3) is 0 Å². The molecule has 0 fully saturated rings. The van der Waals surface area contributed by atoms with Crippen molar-refractivity contribution in [1.29, 1.82) is 0 Å². The van der Waals surface area contributed by atoms with Gasteiger partial charge in [0.2, 0.25) is 5.91 Å². The maximum atomic E-state index is 11.8. The molecule has 2 atom stereocenters. The minimum atomic E-state index is -0.970. The predicted molar refractivity (Wildman–Crippen MR) is 73.8 cm³/mol. The molecular formula is C15H21NO3. The fraction of sp³-hybridized carbons (Fsp3) is 0.467. The van der Waals surface area contributed by atoms with E-state index in [2.05, 4.69) is 5.32 Å². The van der Waals surface area contributed by atoms with Gasteiger partial charge in [0.1, 0.15) is 6.04 Å². The minimum absolute atomic E-state index is 0.0711. The van der Waals surface area contributed by atoms with Gasteiger partial charge in [0, 0.05) is 6.42 Å². The number of amides is 1. The average Bonchev–Trinajstić information content (AvgIpc) is 2.42. The molecule has 4 nitrogen and oxygen atoms in total. The summed E-state index contributed by atoms with van der Waals surface area (Å²) in [5, 5.41) is 11.7. The zero-order valence-electron chi connectivity index (χ0n) is 11.4. The van der Waals surface area contributed by atoms with Gasteiger partial charge in [0.25, 0.3) is 0 Å². The van der Waals surface area contributed by atoms with Crippen LogP contribution in [-0.2, 0) is 16.0 Å². The Labute approximate surface area is 113 Å². The second-order valence-electron chi connectivity index (χ2n) is 4.75. The van der Waals surface area contributed by atoms with E-state index in [0.29, 0.717) is 12.8 Å². The molecule has 0 heterocycles. The third-order valence-corrected chi connectivity index (χ3v) is 3.28. The summed E-state index contributed by atoms with van der Waals surface area (Å²) < 4.78 is 0. The number of aliphatic carboxylic acids is 1. The van der Waals surface area contributed by atoms with Crippen LogP contribution in [-0.4, -0.2) is 23.0 Å². The lowest BCUT2D eigenvalue weighted by Crippen LogP contribution is -2.45. The molecule has 0 radical (unpaired) electrons. The summed E-state index contributed by atoms with van der Waals surface area (Å²) in [7, 11) is 0. The van der Waals surface area contributed by atoms with Crippen molar-refractivity contribution in [3.8, 4) is 0 Å². The summed E-state index contributed by atoms with van der Waals surface area (Å²) >= 11 is 0. The fourth-order valence-electron chi connectivity index (χ4n) is 1.83. The van der Waals surface area contributed by atoms with Gasteiger partial charge in [-0.2, -0.15) is 0 Å². The highest BCUT2D eigenvalue weighted by molar-refractivity contribution is 5.83. The number of aryl methyl sites for hydroxylation is 1. The van der Waals surface area contributed by atoms with Crippen LogP contribution in [0.2, 0.25) is 0 Å². The van der Waals surface area contributed by atoms with E-state index >= 15 is 0 Å². The van der Waals surface area contributed by atoms with Gasteiger partial charge in [-0.25, -0.2) is 4.79 Å². The molecule has 0 aromatic heterocycles. The Bertz CT molecular complexity index is 417. The van der Waals surface area contributed by atoms with Crippen molar-refractivity contribution in [3.63, 3.8) is 0 Å². The lowest BCUT2D eigenvalue weighted by Gasteiger charge is -2.20. The molecule has 19 heavy (non-hydrogen) atoms. The van der Waals surface area contributed by atoms with Crippen molar-refractivity contribution in [2.24, 2.45) is 5.92 Å². The number of benzene rings is 1. The molecule has 0 aliphatic heterocycles. The van der Waals surface area contributed by atoms with E-state index in [0.717, 1.165) is 12.0 Å². The SMILES string of the molecule is CC[C@@H](C)[C@@H](NC(=O)CCc1ccccc1)C(=O)O. The quantitative estimate of drug-likeness (QED) is 0.792. The Balaban J connectivity index is 2.47. The molecule has 0 saturated heterocycles. The van der Waals surface area contributed by atoms with Crippen LogP contribution in [0, 0.1) is 5.92 Å². The first kappa shape index (κ1) is 15.2. The number of nitrogens with one attached hydrogen (secondary N) is 1. The van der Waals surface area contributed by atoms with E-state index in [-0.39, 0.29) is 11.8 Å². The average molecular weight is 263 g/mol. The van der Waals surface area contributed by atoms with Crippen LogP contribution >= 0.6 is 0 Å². The molecule has 0 bridgehead atoms. The maximum absolute atomic E-state index is 11.8. The van der Waals surface area contributed by atoms with Crippen LogP contribution in [0.1, 0.15) is 32.3 Å². The molecule has 104 valence electrons. The van der Waals surface area contributed by atoms with E-state index in [4.69, 9.17) is 5.11 Å². The summed E-state index contributed by atoms with van der Waals surface area (Å²) in [5.74, 6) is -1.25. The highest BCUT2D eigenvalue weighted by Crippen LogP contribution is 2.09. The van der Waals surface area contributed by atoms with Crippen molar-refractivity contribution >= 4 is 11.9 Å².